The molecule has 0 atom stereocenters. The fraction of sp³-hybridized carbons (Fsp3) is 0.118. The summed E-state index contributed by atoms with van der Waals surface area (Å²) in [5, 5.41) is 1.03. The van der Waals surface area contributed by atoms with Gasteiger partial charge in [0.2, 0.25) is 0 Å². The predicted octanol–water partition coefficient (Wildman–Crippen LogP) is 3.31. The summed E-state index contributed by atoms with van der Waals surface area (Å²) in [5.41, 5.74) is 1.32. The van der Waals surface area contributed by atoms with Crippen molar-refractivity contribution < 1.29 is 4.42 Å². The summed E-state index contributed by atoms with van der Waals surface area (Å²) in [6.07, 6.45) is 1.41. The van der Waals surface area contributed by atoms with Crippen molar-refractivity contribution in [2.75, 3.05) is 0 Å². The Hall–Kier alpha value is -2.57. The van der Waals surface area contributed by atoms with Crippen molar-refractivity contribution in [1.29, 1.82) is 0 Å². The van der Waals surface area contributed by atoms with Gasteiger partial charge in [0.1, 0.15) is 0 Å². The summed E-state index contributed by atoms with van der Waals surface area (Å²) < 4.78 is 8.09. The quantitative estimate of drug-likeness (QED) is 0.550. The Labute approximate surface area is 150 Å². The molecule has 2 heterocycles. The molecule has 2 aromatic heterocycles. The molecule has 6 nitrogen and oxygen atoms in total. The first-order valence-electron chi connectivity index (χ1n) is 7.47. The highest BCUT2D eigenvalue weighted by Crippen LogP contribution is 2.24. The number of benzene rings is 2. The van der Waals surface area contributed by atoms with Crippen LogP contribution in [-0.2, 0) is 13.1 Å². The van der Waals surface area contributed by atoms with Crippen LogP contribution in [0.3, 0.4) is 0 Å². The highest BCUT2D eigenvalue weighted by Gasteiger charge is 2.11. The van der Waals surface area contributed by atoms with Crippen LogP contribution in [0.2, 0.25) is 10.0 Å². The molecule has 8 heteroatoms. The van der Waals surface area contributed by atoms with E-state index in [1.807, 2.05) is 6.07 Å². The molecule has 2 aromatic carbocycles. The van der Waals surface area contributed by atoms with Crippen molar-refractivity contribution in [3.05, 3.63) is 73.7 Å². The normalized spacial score (nSPS) is 11.4. The van der Waals surface area contributed by atoms with Crippen molar-refractivity contribution in [3.8, 4) is 0 Å². The van der Waals surface area contributed by atoms with E-state index in [4.69, 9.17) is 27.6 Å². The van der Waals surface area contributed by atoms with E-state index in [9.17, 15) is 9.59 Å². The van der Waals surface area contributed by atoms with Gasteiger partial charge in [0.25, 0.3) is 5.56 Å². The van der Waals surface area contributed by atoms with Crippen LogP contribution in [0.15, 0.2) is 56.7 Å². The van der Waals surface area contributed by atoms with Crippen LogP contribution in [-0.4, -0.2) is 14.1 Å². The van der Waals surface area contributed by atoms with Gasteiger partial charge in [-0.05, 0) is 24.3 Å². The Morgan fingerprint density at radius 1 is 1.08 bits per heavy atom. The molecule has 0 saturated carbocycles. The molecular formula is C17H11Cl2N3O3. The Kier molecular flexibility index (Phi) is 3.86. The van der Waals surface area contributed by atoms with Gasteiger partial charge in [-0.3, -0.25) is 13.9 Å². The van der Waals surface area contributed by atoms with E-state index in [2.05, 4.69) is 4.98 Å². The van der Waals surface area contributed by atoms with E-state index in [-0.39, 0.29) is 18.6 Å². The Morgan fingerprint density at radius 3 is 2.72 bits per heavy atom. The second-order valence-electron chi connectivity index (χ2n) is 5.51. The highest BCUT2D eigenvalue weighted by atomic mass is 35.5. The zero-order valence-corrected chi connectivity index (χ0v) is 14.3. The van der Waals surface area contributed by atoms with Crippen LogP contribution in [0.25, 0.3) is 22.0 Å². The lowest BCUT2D eigenvalue weighted by Gasteiger charge is -2.08. The van der Waals surface area contributed by atoms with Gasteiger partial charge in [0.05, 0.1) is 27.8 Å². The molecule has 126 valence electrons. The van der Waals surface area contributed by atoms with E-state index in [1.165, 1.54) is 21.5 Å². The van der Waals surface area contributed by atoms with E-state index < -0.39 is 5.76 Å². The molecule has 0 aliphatic rings. The van der Waals surface area contributed by atoms with Crippen molar-refractivity contribution in [2.24, 2.45) is 0 Å². The second kappa shape index (κ2) is 6.06. The Bertz CT molecular complexity index is 1220. The molecule has 0 saturated heterocycles. The van der Waals surface area contributed by atoms with E-state index in [0.717, 1.165) is 0 Å². The fourth-order valence-corrected chi connectivity index (χ4v) is 3.33. The number of nitrogens with zero attached hydrogens (tertiary/aromatic N) is 3. The largest absolute Gasteiger partial charge is 0.420 e. The summed E-state index contributed by atoms with van der Waals surface area (Å²) >= 11 is 12.1. The van der Waals surface area contributed by atoms with Crippen LogP contribution in [0.1, 0.15) is 0 Å². The van der Waals surface area contributed by atoms with Gasteiger partial charge in [0.15, 0.2) is 5.58 Å². The van der Waals surface area contributed by atoms with Crippen molar-refractivity contribution in [1.82, 2.24) is 14.1 Å². The van der Waals surface area contributed by atoms with Crippen molar-refractivity contribution in [2.45, 2.75) is 13.1 Å². The van der Waals surface area contributed by atoms with E-state index in [0.29, 0.717) is 32.0 Å². The summed E-state index contributed by atoms with van der Waals surface area (Å²) in [6, 6.07) is 10.2. The number of halogens is 2. The first kappa shape index (κ1) is 15.9. The van der Waals surface area contributed by atoms with Gasteiger partial charge >= 0.3 is 5.76 Å². The minimum Gasteiger partial charge on any atom is -0.408 e. The van der Waals surface area contributed by atoms with Crippen LogP contribution in [0.4, 0.5) is 0 Å². The molecule has 25 heavy (non-hydrogen) atoms. The average molecular weight is 376 g/mol. The molecule has 0 radical (unpaired) electrons. The van der Waals surface area contributed by atoms with Gasteiger partial charge in [-0.15, -0.1) is 0 Å². The summed E-state index contributed by atoms with van der Waals surface area (Å²) in [6.45, 7) is 0.534. The van der Waals surface area contributed by atoms with E-state index >= 15 is 0 Å². The monoisotopic (exact) mass is 375 g/mol. The minimum absolute atomic E-state index is 0.259. The second-order valence-corrected chi connectivity index (χ2v) is 6.36. The summed E-state index contributed by atoms with van der Waals surface area (Å²) in [5.74, 6) is -0.464. The molecule has 0 fully saturated rings. The molecule has 0 aliphatic heterocycles. The van der Waals surface area contributed by atoms with Gasteiger partial charge in [-0.25, -0.2) is 9.78 Å². The van der Waals surface area contributed by atoms with Gasteiger partial charge in [-0.2, -0.15) is 0 Å². The molecule has 0 amide bonds. The third-order valence-electron chi connectivity index (χ3n) is 3.98. The standard InChI is InChI=1S/C17H11Cl2N3O3/c18-10-7-11-15(12(19)8-10)20-9-21(16(11)23)5-6-22-13-3-1-2-4-14(13)25-17(22)24/h1-4,7-9H,5-6H2. The average Bonchev–Trinajstić information content (AvgIpc) is 2.90. The number of hydrogen-bond acceptors (Lipinski definition) is 4. The number of rotatable bonds is 3. The summed E-state index contributed by atoms with van der Waals surface area (Å²) in [4.78, 5) is 28.9. The van der Waals surface area contributed by atoms with Crippen molar-refractivity contribution in [3.63, 3.8) is 0 Å². The van der Waals surface area contributed by atoms with Crippen LogP contribution >= 0.6 is 23.2 Å². The maximum atomic E-state index is 12.6. The van der Waals surface area contributed by atoms with Crippen molar-refractivity contribution >= 4 is 45.2 Å². The number of hydrogen-bond donors (Lipinski definition) is 0. The summed E-state index contributed by atoms with van der Waals surface area (Å²) in [7, 11) is 0. The molecule has 0 unspecified atom stereocenters. The lowest BCUT2D eigenvalue weighted by atomic mass is 10.2. The first-order valence-corrected chi connectivity index (χ1v) is 8.23. The predicted molar refractivity (Wildman–Crippen MR) is 96.5 cm³/mol. The zero-order valence-electron chi connectivity index (χ0n) is 12.8. The Balaban J connectivity index is 1.74. The topological polar surface area (TPSA) is 70.0 Å². The molecular weight excluding hydrogens is 365 g/mol. The van der Waals surface area contributed by atoms with Crippen LogP contribution in [0.5, 0.6) is 0 Å². The number of aromatic nitrogens is 3. The number of aryl methyl sites for hydroxylation is 2. The number of fused-ring (bicyclic) bond motifs is 2. The number of para-hydroxylation sites is 2. The molecule has 4 rings (SSSR count). The molecule has 0 aliphatic carbocycles. The molecule has 4 aromatic rings. The maximum absolute atomic E-state index is 12.6. The lowest BCUT2D eigenvalue weighted by molar-refractivity contribution is 0.480. The highest BCUT2D eigenvalue weighted by molar-refractivity contribution is 6.38. The maximum Gasteiger partial charge on any atom is 0.420 e. The molecule has 0 spiro atoms. The first-order chi connectivity index (χ1) is 12.0. The van der Waals surface area contributed by atoms with Gasteiger partial charge in [-0.1, -0.05) is 35.3 Å². The smallest absolute Gasteiger partial charge is 0.408 e. The molecule has 0 N–H and O–H groups in total. The van der Waals surface area contributed by atoms with Gasteiger partial charge in [0, 0.05) is 18.1 Å². The number of oxazole rings is 1. The van der Waals surface area contributed by atoms with Crippen LogP contribution in [0, 0.1) is 0 Å². The Morgan fingerprint density at radius 2 is 1.88 bits per heavy atom. The van der Waals surface area contributed by atoms with Gasteiger partial charge < -0.3 is 4.42 Å². The van der Waals surface area contributed by atoms with E-state index in [1.54, 1.807) is 24.3 Å². The third-order valence-corrected chi connectivity index (χ3v) is 4.49. The lowest BCUT2D eigenvalue weighted by Crippen LogP contribution is -2.25. The fourth-order valence-electron chi connectivity index (χ4n) is 2.79. The SMILES string of the molecule is O=c1c2cc(Cl)cc(Cl)c2ncn1CCn1c(=O)oc2ccccc21. The van der Waals surface area contributed by atoms with Crippen LogP contribution < -0.4 is 11.3 Å². The minimum atomic E-state index is -0.464. The molecule has 0 bridgehead atoms. The third kappa shape index (κ3) is 2.73. The zero-order chi connectivity index (χ0) is 17.6.